The van der Waals surface area contributed by atoms with Gasteiger partial charge in [-0.05, 0) is 18.6 Å². The summed E-state index contributed by atoms with van der Waals surface area (Å²) in [7, 11) is 0. The van der Waals surface area contributed by atoms with Crippen molar-refractivity contribution in [3.63, 3.8) is 0 Å². The number of rotatable bonds is 2. The predicted octanol–water partition coefficient (Wildman–Crippen LogP) is 2.13. The van der Waals surface area contributed by atoms with Crippen LogP contribution in [-0.4, -0.2) is 8.69 Å². The number of aromatic nitrogens is 1. The average molecular weight is 186 g/mol. The monoisotopic (exact) mass is 186 g/mol. The molecule has 1 unspecified atom stereocenters. The first-order valence-corrected chi connectivity index (χ1v) is 4.08. The Balaban J connectivity index is 2.77. The largest absolute Gasteiger partial charge is 0.264 e. The van der Waals surface area contributed by atoms with E-state index in [0.29, 0.717) is 0 Å². The minimum absolute atomic E-state index is 0.176. The van der Waals surface area contributed by atoms with Crippen LogP contribution in [0, 0.1) is 0 Å². The number of nitrogens with zero attached hydrogens (tertiary/aromatic N) is 2. The lowest BCUT2D eigenvalue weighted by Crippen LogP contribution is -2.05. The third kappa shape index (κ3) is 2.39. The summed E-state index contributed by atoms with van der Waals surface area (Å²) in [6.07, 6.45) is 3.56. The van der Waals surface area contributed by atoms with E-state index < -0.39 is 0 Å². The van der Waals surface area contributed by atoms with E-state index in [2.05, 4.69) is 30.6 Å². The molecule has 0 bridgehead atoms. The van der Waals surface area contributed by atoms with Crippen molar-refractivity contribution in [2.45, 2.75) is 13.0 Å². The zero-order valence-electron chi connectivity index (χ0n) is 6.18. The van der Waals surface area contributed by atoms with E-state index in [1.807, 2.05) is 25.3 Å². The molecule has 0 aromatic carbocycles. The summed E-state index contributed by atoms with van der Waals surface area (Å²) >= 11 is 8.15. The van der Waals surface area contributed by atoms with Crippen molar-refractivity contribution in [2.24, 2.45) is 0 Å². The van der Waals surface area contributed by atoms with Crippen LogP contribution < -0.4 is 0 Å². The molecule has 11 heavy (non-hydrogen) atoms. The summed E-state index contributed by atoms with van der Waals surface area (Å²) in [6, 6.07) is 4.07. The SMILES string of the molecule is CC(c1cccnc1)N(S)S. The Kier molecular flexibility index (Phi) is 3.23. The van der Waals surface area contributed by atoms with Gasteiger partial charge in [0.2, 0.25) is 0 Å². The van der Waals surface area contributed by atoms with Crippen LogP contribution in [0.25, 0.3) is 0 Å². The molecule has 4 heteroatoms. The fraction of sp³-hybridized carbons (Fsp3) is 0.286. The molecule has 0 amide bonds. The van der Waals surface area contributed by atoms with Crippen LogP contribution in [-0.2, 0) is 0 Å². The van der Waals surface area contributed by atoms with Gasteiger partial charge in [0.25, 0.3) is 0 Å². The van der Waals surface area contributed by atoms with Gasteiger partial charge in [0.1, 0.15) is 0 Å². The fourth-order valence-electron chi connectivity index (χ4n) is 0.756. The quantitative estimate of drug-likeness (QED) is 0.688. The fourth-order valence-corrected chi connectivity index (χ4v) is 1.02. The van der Waals surface area contributed by atoms with E-state index >= 15 is 0 Å². The second-order valence-corrected chi connectivity index (χ2v) is 3.46. The molecule has 0 aliphatic heterocycles. The molecule has 0 radical (unpaired) electrons. The Morgan fingerprint density at radius 2 is 2.27 bits per heavy atom. The van der Waals surface area contributed by atoms with Crippen LogP contribution in [0.5, 0.6) is 0 Å². The lowest BCUT2D eigenvalue weighted by Gasteiger charge is -2.16. The van der Waals surface area contributed by atoms with Crippen LogP contribution in [0.2, 0.25) is 0 Å². The van der Waals surface area contributed by atoms with E-state index in [1.165, 1.54) is 0 Å². The minimum Gasteiger partial charge on any atom is -0.264 e. The first kappa shape index (κ1) is 8.90. The molecule has 1 aromatic rings. The summed E-state index contributed by atoms with van der Waals surface area (Å²) in [5.74, 6) is 0. The Labute approximate surface area is 77.7 Å². The highest BCUT2D eigenvalue weighted by atomic mass is 32.2. The van der Waals surface area contributed by atoms with Crippen molar-refractivity contribution >= 4 is 25.6 Å². The highest BCUT2D eigenvalue weighted by molar-refractivity contribution is 7.93. The summed E-state index contributed by atoms with van der Waals surface area (Å²) in [4.78, 5) is 3.99. The van der Waals surface area contributed by atoms with Gasteiger partial charge >= 0.3 is 0 Å². The molecule has 2 nitrogen and oxygen atoms in total. The topological polar surface area (TPSA) is 16.1 Å². The van der Waals surface area contributed by atoms with Crippen LogP contribution >= 0.6 is 25.6 Å². The zero-order valence-corrected chi connectivity index (χ0v) is 7.96. The van der Waals surface area contributed by atoms with Gasteiger partial charge in [-0.25, -0.2) is 0 Å². The average Bonchev–Trinajstić information content (AvgIpc) is 2.05. The smallest absolute Gasteiger partial charge is 0.0546 e. The zero-order chi connectivity index (χ0) is 8.27. The molecule has 0 fully saturated rings. The molecular weight excluding hydrogens is 176 g/mol. The van der Waals surface area contributed by atoms with Gasteiger partial charge in [-0.15, -0.1) is 0 Å². The van der Waals surface area contributed by atoms with Gasteiger partial charge in [-0.1, -0.05) is 31.7 Å². The molecule has 0 aliphatic rings. The van der Waals surface area contributed by atoms with Crippen molar-refractivity contribution < 1.29 is 0 Å². The highest BCUT2D eigenvalue weighted by Crippen LogP contribution is 2.21. The van der Waals surface area contributed by atoms with E-state index in [4.69, 9.17) is 0 Å². The summed E-state index contributed by atoms with van der Waals surface area (Å²) < 4.78 is 1.55. The van der Waals surface area contributed by atoms with Gasteiger partial charge in [-0.3, -0.25) is 4.98 Å². The molecule has 0 N–H and O–H groups in total. The van der Waals surface area contributed by atoms with E-state index in [1.54, 1.807) is 9.91 Å². The van der Waals surface area contributed by atoms with E-state index in [-0.39, 0.29) is 6.04 Å². The summed E-state index contributed by atoms with van der Waals surface area (Å²) in [5, 5.41) is 0. The second kappa shape index (κ2) is 3.99. The predicted molar refractivity (Wildman–Crippen MR) is 52.5 cm³/mol. The molecule has 1 atom stereocenters. The number of pyridine rings is 1. The molecular formula is C7H10N2S2. The molecule has 1 heterocycles. The van der Waals surface area contributed by atoms with Gasteiger partial charge in [0, 0.05) is 12.4 Å². The minimum atomic E-state index is 0.176. The molecule has 0 spiro atoms. The van der Waals surface area contributed by atoms with Crippen LogP contribution in [0.4, 0.5) is 0 Å². The lowest BCUT2D eigenvalue weighted by atomic mass is 10.2. The molecule has 0 saturated heterocycles. The second-order valence-electron chi connectivity index (χ2n) is 2.28. The Hall–Kier alpha value is -0.190. The van der Waals surface area contributed by atoms with E-state index in [0.717, 1.165) is 5.56 Å². The Morgan fingerprint density at radius 1 is 1.55 bits per heavy atom. The highest BCUT2D eigenvalue weighted by Gasteiger charge is 2.07. The molecule has 1 aromatic heterocycles. The third-order valence-electron chi connectivity index (χ3n) is 1.51. The Bertz CT molecular complexity index is 213. The maximum Gasteiger partial charge on any atom is 0.0546 e. The van der Waals surface area contributed by atoms with Crippen molar-refractivity contribution in [1.29, 1.82) is 0 Å². The van der Waals surface area contributed by atoms with Gasteiger partial charge in [0.05, 0.1) is 6.04 Å². The van der Waals surface area contributed by atoms with Crippen molar-refractivity contribution in [3.8, 4) is 0 Å². The van der Waals surface area contributed by atoms with Gasteiger partial charge in [0.15, 0.2) is 0 Å². The maximum absolute atomic E-state index is 4.07. The molecule has 60 valence electrons. The van der Waals surface area contributed by atoms with E-state index in [9.17, 15) is 0 Å². The number of hydrogen-bond donors (Lipinski definition) is 2. The third-order valence-corrected chi connectivity index (χ3v) is 2.21. The lowest BCUT2D eigenvalue weighted by molar-refractivity contribution is 0.593. The molecule has 0 aliphatic carbocycles. The summed E-state index contributed by atoms with van der Waals surface area (Å²) in [6.45, 7) is 2.01. The number of hydrogen-bond acceptors (Lipinski definition) is 4. The summed E-state index contributed by atoms with van der Waals surface area (Å²) in [5.41, 5.74) is 1.11. The molecule has 1 rings (SSSR count). The van der Waals surface area contributed by atoms with Crippen molar-refractivity contribution in [2.75, 3.05) is 0 Å². The van der Waals surface area contributed by atoms with Gasteiger partial charge < -0.3 is 0 Å². The standard InChI is InChI=1S/C7H10N2S2/c1-6(9(10)11)7-3-2-4-8-5-7/h2-6,10-11H,1H3. The van der Waals surface area contributed by atoms with Crippen molar-refractivity contribution in [3.05, 3.63) is 30.1 Å². The van der Waals surface area contributed by atoms with Crippen molar-refractivity contribution in [1.82, 2.24) is 8.69 Å². The first-order chi connectivity index (χ1) is 5.22. The normalized spacial score (nSPS) is 13.5. The number of thiol groups is 2. The first-order valence-electron chi connectivity index (χ1n) is 3.28. The van der Waals surface area contributed by atoms with Crippen LogP contribution in [0.1, 0.15) is 18.5 Å². The van der Waals surface area contributed by atoms with Crippen LogP contribution in [0.3, 0.4) is 0 Å². The maximum atomic E-state index is 4.07. The Morgan fingerprint density at radius 3 is 2.73 bits per heavy atom. The van der Waals surface area contributed by atoms with Gasteiger partial charge in [-0.2, -0.15) is 3.71 Å². The molecule has 0 saturated carbocycles. The van der Waals surface area contributed by atoms with Crippen LogP contribution in [0.15, 0.2) is 24.5 Å².